The van der Waals surface area contributed by atoms with E-state index >= 15 is 0 Å². The Balaban J connectivity index is 2.07. The van der Waals surface area contributed by atoms with Crippen LogP contribution >= 0.6 is 15.9 Å². The number of nitrogens with one attached hydrogen (secondary N) is 1. The third-order valence-corrected chi connectivity index (χ3v) is 5.63. The van der Waals surface area contributed by atoms with Gasteiger partial charge in [0.25, 0.3) is 0 Å². The number of sulfonamides is 1. The van der Waals surface area contributed by atoms with Gasteiger partial charge in [0.1, 0.15) is 16.3 Å². The zero-order chi connectivity index (χ0) is 18.8. The highest BCUT2D eigenvalue weighted by Crippen LogP contribution is 2.21. The lowest BCUT2D eigenvalue weighted by Gasteiger charge is -2.34. The molecule has 1 amide bonds. The first-order valence-corrected chi connectivity index (χ1v) is 10.2. The predicted molar refractivity (Wildman–Crippen MR) is 95.3 cm³/mol. The van der Waals surface area contributed by atoms with Gasteiger partial charge in [0.15, 0.2) is 0 Å². The molecule has 0 spiro atoms. The Kier molecular flexibility index (Phi) is 6.11. The van der Waals surface area contributed by atoms with Gasteiger partial charge in [-0.25, -0.2) is 22.3 Å². The zero-order valence-corrected chi connectivity index (χ0v) is 16.8. The van der Waals surface area contributed by atoms with Crippen molar-refractivity contribution in [2.45, 2.75) is 50.2 Å². The second-order valence-corrected chi connectivity index (χ2v) is 9.56. The van der Waals surface area contributed by atoms with Gasteiger partial charge in [-0.2, -0.15) is 0 Å². The molecule has 0 radical (unpaired) electrons. The van der Waals surface area contributed by atoms with E-state index in [2.05, 4.69) is 20.7 Å². The van der Waals surface area contributed by atoms with Crippen molar-refractivity contribution in [2.24, 2.45) is 0 Å². The van der Waals surface area contributed by atoms with Crippen molar-refractivity contribution in [3.8, 4) is 0 Å². The summed E-state index contributed by atoms with van der Waals surface area (Å²) in [6.45, 7) is 5.99. The summed E-state index contributed by atoms with van der Waals surface area (Å²) in [4.78, 5) is 13.2. The van der Waals surface area contributed by atoms with E-state index in [0.717, 1.165) is 6.07 Å². The van der Waals surface area contributed by atoms with E-state index in [1.165, 1.54) is 17.0 Å². The average molecular weight is 437 g/mol. The van der Waals surface area contributed by atoms with E-state index in [4.69, 9.17) is 4.74 Å². The van der Waals surface area contributed by atoms with Crippen molar-refractivity contribution in [1.29, 1.82) is 0 Å². The summed E-state index contributed by atoms with van der Waals surface area (Å²) in [6, 6.07) is 3.28. The summed E-state index contributed by atoms with van der Waals surface area (Å²) in [7, 11) is -4.02. The van der Waals surface area contributed by atoms with Gasteiger partial charge in [0.2, 0.25) is 10.0 Å². The molecular weight excluding hydrogens is 415 g/mol. The number of ether oxygens (including phenoxy) is 1. The molecule has 25 heavy (non-hydrogen) atoms. The van der Waals surface area contributed by atoms with Crippen LogP contribution < -0.4 is 4.72 Å². The molecule has 0 aliphatic carbocycles. The molecule has 0 saturated carbocycles. The molecule has 1 aromatic carbocycles. The molecule has 2 rings (SSSR count). The minimum absolute atomic E-state index is 0.187. The molecule has 0 aromatic heterocycles. The highest BCUT2D eigenvalue weighted by molar-refractivity contribution is 9.10. The van der Waals surface area contributed by atoms with Crippen LogP contribution in [0.25, 0.3) is 0 Å². The number of hydrogen-bond donors (Lipinski definition) is 1. The van der Waals surface area contributed by atoms with Gasteiger partial charge in [0.05, 0.1) is 0 Å². The van der Waals surface area contributed by atoms with Gasteiger partial charge in [-0.05, 0) is 51.8 Å². The number of halogens is 2. The van der Waals surface area contributed by atoms with Crippen LogP contribution in [0.4, 0.5) is 9.18 Å². The fourth-order valence-electron chi connectivity index (χ4n) is 2.54. The van der Waals surface area contributed by atoms with E-state index in [9.17, 15) is 17.6 Å². The second-order valence-electron chi connectivity index (χ2n) is 6.96. The highest BCUT2D eigenvalue weighted by Gasteiger charge is 2.31. The van der Waals surface area contributed by atoms with E-state index in [1.54, 1.807) is 20.8 Å². The quantitative estimate of drug-likeness (QED) is 0.788. The second kappa shape index (κ2) is 7.59. The lowest BCUT2D eigenvalue weighted by molar-refractivity contribution is 0.0195. The van der Waals surface area contributed by atoms with Crippen LogP contribution in [0.3, 0.4) is 0 Å². The molecule has 1 aromatic rings. The molecule has 0 bridgehead atoms. The molecular formula is C16H22BrFN2O4S. The monoisotopic (exact) mass is 436 g/mol. The van der Waals surface area contributed by atoms with E-state index < -0.39 is 38.5 Å². The molecule has 1 aliphatic heterocycles. The van der Waals surface area contributed by atoms with Gasteiger partial charge in [-0.1, -0.05) is 15.9 Å². The van der Waals surface area contributed by atoms with Gasteiger partial charge in [-0.15, -0.1) is 0 Å². The Labute approximate surface area is 155 Å². The van der Waals surface area contributed by atoms with Gasteiger partial charge < -0.3 is 9.64 Å². The summed E-state index contributed by atoms with van der Waals surface area (Å²) in [6.07, 6.45) is 0.720. The van der Waals surface area contributed by atoms with Gasteiger partial charge in [-0.3, -0.25) is 0 Å². The number of nitrogens with zero attached hydrogens (tertiary/aromatic N) is 1. The summed E-state index contributed by atoms with van der Waals surface area (Å²) in [5.41, 5.74) is -0.621. The van der Waals surface area contributed by atoms with Crippen LogP contribution in [0.15, 0.2) is 27.6 Å². The first-order valence-electron chi connectivity index (χ1n) is 7.93. The maximum absolute atomic E-state index is 14.0. The minimum atomic E-state index is -4.02. The Bertz CT molecular complexity index is 749. The lowest BCUT2D eigenvalue weighted by atomic mass is 10.1. The lowest BCUT2D eigenvalue weighted by Crippen LogP contribution is -2.50. The van der Waals surface area contributed by atoms with Crippen molar-refractivity contribution in [3.05, 3.63) is 28.5 Å². The summed E-state index contributed by atoms with van der Waals surface area (Å²) >= 11 is 3.10. The molecule has 1 aliphatic rings. The first kappa shape index (κ1) is 20.1. The third-order valence-electron chi connectivity index (χ3n) is 3.58. The van der Waals surface area contributed by atoms with Crippen LogP contribution in [-0.4, -0.2) is 44.1 Å². The first-order chi connectivity index (χ1) is 11.5. The van der Waals surface area contributed by atoms with Crippen molar-refractivity contribution in [1.82, 2.24) is 9.62 Å². The Morgan fingerprint density at radius 3 is 2.68 bits per heavy atom. The van der Waals surface area contributed by atoms with Crippen LogP contribution in [-0.2, 0) is 14.8 Å². The van der Waals surface area contributed by atoms with Crippen molar-refractivity contribution >= 4 is 32.0 Å². The fraction of sp³-hybridized carbons (Fsp3) is 0.562. The van der Waals surface area contributed by atoms with Gasteiger partial charge >= 0.3 is 6.09 Å². The number of piperidine rings is 1. The molecule has 1 N–H and O–H groups in total. The summed E-state index contributed by atoms with van der Waals surface area (Å²) in [5.74, 6) is -0.832. The summed E-state index contributed by atoms with van der Waals surface area (Å²) < 4.78 is 47.1. The molecule has 1 atom stereocenters. The SMILES string of the molecule is CC(C)(C)OC(=O)N1CCCC(NS(=O)(=O)c2ccc(Br)cc2F)C1. The molecule has 1 saturated heterocycles. The summed E-state index contributed by atoms with van der Waals surface area (Å²) in [5, 5.41) is 0. The molecule has 6 nitrogen and oxygen atoms in total. The number of carbonyl (C=O) groups is 1. The highest BCUT2D eigenvalue weighted by atomic mass is 79.9. The number of benzene rings is 1. The zero-order valence-electron chi connectivity index (χ0n) is 14.4. The molecule has 1 fully saturated rings. The van der Waals surface area contributed by atoms with Crippen molar-refractivity contribution in [3.63, 3.8) is 0 Å². The molecule has 140 valence electrons. The van der Waals surface area contributed by atoms with Gasteiger partial charge in [0, 0.05) is 23.6 Å². The molecule has 9 heteroatoms. The maximum Gasteiger partial charge on any atom is 0.410 e. The number of amides is 1. The van der Waals surface area contributed by atoms with Crippen LogP contribution in [0.5, 0.6) is 0 Å². The largest absolute Gasteiger partial charge is 0.444 e. The minimum Gasteiger partial charge on any atom is -0.444 e. The standard InChI is InChI=1S/C16H22BrFN2O4S/c1-16(2,3)24-15(21)20-8-4-5-12(10-20)19-25(22,23)14-7-6-11(17)9-13(14)18/h6-7,9,12,19H,4-5,8,10H2,1-3H3. The Morgan fingerprint density at radius 2 is 2.08 bits per heavy atom. The normalized spacial score (nSPS) is 18.9. The van der Waals surface area contributed by atoms with Crippen LogP contribution in [0.2, 0.25) is 0 Å². The van der Waals surface area contributed by atoms with E-state index in [0.29, 0.717) is 23.9 Å². The number of hydrogen-bond acceptors (Lipinski definition) is 4. The molecule has 1 heterocycles. The van der Waals surface area contributed by atoms with E-state index in [1.807, 2.05) is 0 Å². The smallest absolute Gasteiger partial charge is 0.410 e. The average Bonchev–Trinajstić information content (AvgIpc) is 2.44. The Morgan fingerprint density at radius 1 is 1.40 bits per heavy atom. The fourth-order valence-corrected chi connectivity index (χ4v) is 4.20. The van der Waals surface area contributed by atoms with E-state index in [-0.39, 0.29) is 6.54 Å². The van der Waals surface area contributed by atoms with Crippen molar-refractivity contribution < 1.29 is 22.3 Å². The van der Waals surface area contributed by atoms with Crippen molar-refractivity contribution in [2.75, 3.05) is 13.1 Å². The number of carbonyl (C=O) groups excluding carboxylic acids is 1. The van der Waals surface area contributed by atoms with Crippen LogP contribution in [0, 0.1) is 5.82 Å². The van der Waals surface area contributed by atoms with Crippen LogP contribution in [0.1, 0.15) is 33.6 Å². The third kappa shape index (κ3) is 5.65. The molecule has 1 unspecified atom stereocenters. The number of likely N-dealkylation sites (tertiary alicyclic amines) is 1. The number of rotatable bonds is 3. The topological polar surface area (TPSA) is 75.7 Å². The predicted octanol–water partition coefficient (Wildman–Crippen LogP) is 3.27. The maximum atomic E-state index is 14.0. The Hall–Kier alpha value is -1.19.